The van der Waals surface area contributed by atoms with Crippen molar-refractivity contribution in [1.82, 2.24) is 36.8 Å². The number of rotatable bonds is 25. The van der Waals surface area contributed by atoms with E-state index in [0.717, 1.165) is 17.7 Å². The molecule has 1 saturated heterocycles. The number of Topliss-reactive ketones (excluding diaryl/α,β-unsaturated/α-hetero) is 1. The third kappa shape index (κ3) is 15.8. The first-order valence-electron chi connectivity index (χ1n) is 21.0. The summed E-state index contributed by atoms with van der Waals surface area (Å²) >= 11 is 0. The fourth-order valence-corrected chi connectivity index (χ4v) is 7.15. The van der Waals surface area contributed by atoms with Gasteiger partial charge in [-0.1, -0.05) is 69.7 Å². The molecule has 6 unspecified atom stereocenters. The van der Waals surface area contributed by atoms with Crippen LogP contribution in [-0.2, 0) is 59.2 Å². The zero-order valence-electron chi connectivity index (χ0n) is 36.1. The molecule has 1 fully saturated rings. The molecule has 0 bridgehead atoms. The molecular weight excluding hydrogens is 839 g/mol. The van der Waals surface area contributed by atoms with Crippen molar-refractivity contribution in [1.29, 1.82) is 0 Å². The summed E-state index contributed by atoms with van der Waals surface area (Å²) in [6.07, 6.45) is -1.15. The molecule has 0 radical (unpaired) electrons. The monoisotopic (exact) mass is 895 g/mol. The van der Waals surface area contributed by atoms with Crippen molar-refractivity contribution >= 4 is 75.8 Å². The number of ketones is 1. The second kappa shape index (κ2) is 24.6. The number of fused-ring (bicyclic) bond motifs is 1. The van der Waals surface area contributed by atoms with Crippen molar-refractivity contribution < 1.29 is 68.1 Å². The summed E-state index contributed by atoms with van der Waals surface area (Å²) in [6.45, 7) is 5.38. The van der Waals surface area contributed by atoms with E-state index in [-0.39, 0.29) is 32.2 Å². The van der Waals surface area contributed by atoms with Crippen LogP contribution in [0.1, 0.15) is 84.6 Å². The molecule has 0 aromatic heterocycles. The lowest BCUT2D eigenvalue weighted by atomic mass is 9.98. The Morgan fingerprint density at radius 1 is 0.688 bits per heavy atom. The number of amides is 7. The zero-order chi connectivity index (χ0) is 47.7. The number of carbonyl (C=O) groups is 11. The van der Waals surface area contributed by atoms with Crippen LogP contribution in [0.3, 0.4) is 0 Å². The van der Waals surface area contributed by atoms with Gasteiger partial charge in [0.15, 0.2) is 0 Å². The maximum atomic E-state index is 14.4. The minimum atomic E-state index is -1.59. The number of aliphatic carboxylic acids is 3. The van der Waals surface area contributed by atoms with Crippen molar-refractivity contribution in [3.8, 4) is 0 Å². The molecule has 2 aromatic carbocycles. The second-order valence-corrected chi connectivity index (χ2v) is 15.8. The van der Waals surface area contributed by atoms with Gasteiger partial charge in [-0.2, -0.15) is 0 Å². The number of benzene rings is 2. The fourth-order valence-electron chi connectivity index (χ4n) is 7.15. The van der Waals surface area contributed by atoms with E-state index in [2.05, 4.69) is 26.6 Å². The highest BCUT2D eigenvalue weighted by molar-refractivity contribution is 6.38. The summed E-state index contributed by atoms with van der Waals surface area (Å²) < 4.78 is 0. The SMILES string of the molecule is CCCC(NC(=O)C1CCCN1C(=O)C(NC(=O)C(Cc1ccc2ccccc2c1)NC(=O)C(CCC(=O)O)NC(=O)C(CCC(=O)O)NC(C)=O)C(C)C)C(=O)C(=O)NCC(=O)O. The lowest BCUT2D eigenvalue weighted by molar-refractivity contribution is -0.145. The molecule has 3 rings (SSSR count). The maximum Gasteiger partial charge on any atom is 0.322 e. The van der Waals surface area contributed by atoms with Gasteiger partial charge in [0.1, 0.15) is 36.8 Å². The number of carboxylic acids is 3. The van der Waals surface area contributed by atoms with E-state index in [4.69, 9.17) is 5.11 Å². The molecule has 9 N–H and O–H groups in total. The minimum absolute atomic E-state index is 0.0438. The van der Waals surface area contributed by atoms with Gasteiger partial charge in [-0.25, -0.2) is 0 Å². The third-order valence-corrected chi connectivity index (χ3v) is 10.4. The van der Waals surface area contributed by atoms with Crippen LogP contribution in [-0.4, -0.2) is 135 Å². The van der Waals surface area contributed by atoms with Gasteiger partial charge >= 0.3 is 17.9 Å². The van der Waals surface area contributed by atoms with Gasteiger partial charge in [0, 0.05) is 32.7 Å². The fraction of sp³-hybridized carbons (Fsp3) is 0.512. The lowest BCUT2D eigenvalue weighted by Crippen LogP contribution is -2.60. The second-order valence-electron chi connectivity index (χ2n) is 15.8. The molecular formula is C43H57N7O14. The number of carbonyl (C=O) groups excluding carboxylic acids is 8. The molecule has 64 heavy (non-hydrogen) atoms. The molecule has 21 nitrogen and oxygen atoms in total. The Morgan fingerprint density at radius 2 is 1.27 bits per heavy atom. The highest BCUT2D eigenvalue weighted by Crippen LogP contribution is 2.22. The predicted octanol–water partition coefficient (Wildman–Crippen LogP) is -0.227. The van der Waals surface area contributed by atoms with Gasteiger partial charge in [-0.05, 0) is 54.4 Å². The summed E-state index contributed by atoms with van der Waals surface area (Å²) in [6, 6.07) is 4.54. The number of carboxylic acid groups (broad SMARTS) is 3. The van der Waals surface area contributed by atoms with E-state index >= 15 is 0 Å². The number of nitrogens with zero attached hydrogens (tertiary/aromatic N) is 1. The Kier molecular flexibility index (Phi) is 19.8. The van der Waals surface area contributed by atoms with E-state index in [9.17, 15) is 63.0 Å². The summed E-state index contributed by atoms with van der Waals surface area (Å²) in [5, 5.41) is 43.7. The summed E-state index contributed by atoms with van der Waals surface area (Å²) in [5.41, 5.74) is 0.571. The van der Waals surface area contributed by atoms with Crippen molar-refractivity contribution in [2.75, 3.05) is 13.1 Å². The minimum Gasteiger partial charge on any atom is -0.481 e. The average Bonchev–Trinajstić information content (AvgIpc) is 3.74. The molecule has 21 heteroatoms. The summed E-state index contributed by atoms with van der Waals surface area (Å²) in [4.78, 5) is 142. The largest absolute Gasteiger partial charge is 0.481 e. The molecule has 6 atom stereocenters. The van der Waals surface area contributed by atoms with Crippen molar-refractivity contribution in [2.45, 2.75) is 122 Å². The van der Waals surface area contributed by atoms with Crippen molar-refractivity contribution in [2.24, 2.45) is 5.92 Å². The van der Waals surface area contributed by atoms with Gasteiger partial charge in [-0.3, -0.25) is 52.7 Å². The first-order valence-corrected chi connectivity index (χ1v) is 21.0. The smallest absolute Gasteiger partial charge is 0.322 e. The number of nitrogens with one attached hydrogen (secondary N) is 6. The summed E-state index contributed by atoms with van der Waals surface area (Å²) in [7, 11) is 0. The van der Waals surface area contributed by atoms with E-state index < -0.39 is 133 Å². The Morgan fingerprint density at radius 3 is 1.83 bits per heavy atom. The van der Waals surface area contributed by atoms with Crippen LogP contribution in [0, 0.1) is 5.92 Å². The highest BCUT2D eigenvalue weighted by atomic mass is 16.4. The third-order valence-electron chi connectivity index (χ3n) is 10.4. The molecule has 0 saturated carbocycles. The van der Waals surface area contributed by atoms with Gasteiger partial charge < -0.3 is 52.1 Å². The topological polar surface area (TPSA) is 324 Å². The highest BCUT2D eigenvalue weighted by Gasteiger charge is 2.41. The lowest BCUT2D eigenvalue weighted by Gasteiger charge is -2.32. The Bertz CT molecular complexity index is 2090. The van der Waals surface area contributed by atoms with E-state index in [1.54, 1.807) is 39.0 Å². The molecule has 2 aromatic rings. The van der Waals surface area contributed by atoms with Crippen LogP contribution in [0.15, 0.2) is 42.5 Å². The molecule has 348 valence electrons. The number of likely N-dealkylation sites (tertiary alicyclic amines) is 1. The average molecular weight is 896 g/mol. The van der Waals surface area contributed by atoms with Gasteiger partial charge in [0.05, 0.1) is 6.04 Å². The summed E-state index contributed by atoms with van der Waals surface area (Å²) in [5.74, 6) is -11.7. The normalized spacial score (nSPS) is 15.7. The maximum absolute atomic E-state index is 14.4. The molecule has 1 aliphatic heterocycles. The van der Waals surface area contributed by atoms with Crippen LogP contribution >= 0.6 is 0 Å². The van der Waals surface area contributed by atoms with E-state index in [1.165, 1.54) is 4.90 Å². The van der Waals surface area contributed by atoms with Gasteiger partial charge in [-0.15, -0.1) is 0 Å². The van der Waals surface area contributed by atoms with Crippen LogP contribution < -0.4 is 31.9 Å². The molecule has 7 amide bonds. The number of hydrogen-bond donors (Lipinski definition) is 9. The van der Waals surface area contributed by atoms with E-state index in [1.807, 2.05) is 29.6 Å². The molecule has 1 aliphatic rings. The van der Waals surface area contributed by atoms with Crippen molar-refractivity contribution in [3.05, 3.63) is 48.0 Å². The zero-order valence-corrected chi connectivity index (χ0v) is 36.1. The molecule has 1 heterocycles. The first-order chi connectivity index (χ1) is 30.2. The van der Waals surface area contributed by atoms with Crippen LogP contribution in [0.4, 0.5) is 0 Å². The van der Waals surface area contributed by atoms with Crippen molar-refractivity contribution in [3.63, 3.8) is 0 Å². The quantitative estimate of drug-likeness (QED) is 0.0582. The first kappa shape index (κ1) is 51.4. The molecule has 0 spiro atoms. The standard InChI is InChI=1S/C43H57N7O14/c1-5-9-28(37(58)42(63)44-22-35(56)57)46-41(62)32-12-8-19-50(32)43(64)36(23(2)3)49-40(61)31(21-25-13-14-26-10-6-7-11-27(26)20-25)48-39(60)30(16-18-34(54)55)47-38(59)29(45-24(4)51)15-17-33(52)53/h6-7,10-11,13-14,20,23,28-32,36H,5,8-9,12,15-19,21-22H2,1-4H3,(H,44,63)(H,45,51)(H,46,62)(H,47,59)(H,48,60)(H,49,61)(H,52,53)(H,54,55)(H,56,57). The Hall–Kier alpha value is -6.93. The predicted molar refractivity (Wildman–Crippen MR) is 227 cm³/mol. The van der Waals surface area contributed by atoms with Crippen LogP contribution in [0.5, 0.6) is 0 Å². The Balaban J connectivity index is 1.92. The molecule has 0 aliphatic carbocycles. The Labute approximate surface area is 368 Å². The van der Waals surface area contributed by atoms with E-state index in [0.29, 0.717) is 18.4 Å². The van der Waals surface area contributed by atoms with Crippen LogP contribution in [0.2, 0.25) is 0 Å². The van der Waals surface area contributed by atoms with Gasteiger partial charge in [0.25, 0.3) is 5.91 Å². The van der Waals surface area contributed by atoms with Crippen LogP contribution in [0.25, 0.3) is 10.8 Å². The number of hydrogen-bond acceptors (Lipinski definition) is 11. The van der Waals surface area contributed by atoms with Gasteiger partial charge in [0.2, 0.25) is 41.2 Å².